The Morgan fingerprint density at radius 2 is 1.71 bits per heavy atom. The second kappa shape index (κ2) is 5.23. The lowest BCUT2D eigenvalue weighted by Gasteiger charge is -2.22. The molecule has 0 aliphatic carbocycles. The molecular formula is C8H10N5O4-. The zero-order chi connectivity index (χ0) is 13.0. The lowest BCUT2D eigenvalue weighted by atomic mass is 10.1. The summed E-state index contributed by atoms with van der Waals surface area (Å²) in [5, 5.41) is 18.9. The van der Waals surface area contributed by atoms with Gasteiger partial charge in [0.15, 0.2) is 0 Å². The molecule has 17 heavy (non-hydrogen) atoms. The maximum atomic E-state index is 11.4. The van der Waals surface area contributed by atoms with E-state index in [-0.39, 0.29) is 16.8 Å². The molecule has 9 heteroatoms. The monoisotopic (exact) mass is 240 g/mol. The minimum atomic E-state index is -0.799. The van der Waals surface area contributed by atoms with E-state index in [4.69, 9.17) is 16.9 Å². The molecule has 1 aromatic rings. The van der Waals surface area contributed by atoms with Gasteiger partial charge >= 0.3 is 0 Å². The number of carbonyl (C=O) groups is 2. The van der Waals surface area contributed by atoms with E-state index in [1.165, 1.54) is 0 Å². The Morgan fingerprint density at radius 3 is 2.18 bits per heavy atom. The molecule has 0 unspecified atom stereocenters. The molecule has 0 spiro atoms. The Kier molecular flexibility index (Phi) is 3.96. The van der Waals surface area contributed by atoms with E-state index in [0.29, 0.717) is 0 Å². The fourth-order valence-corrected chi connectivity index (χ4v) is 1.19. The van der Waals surface area contributed by atoms with Crippen molar-refractivity contribution < 1.29 is 14.8 Å². The normalized spacial score (nSPS) is 9.65. The van der Waals surface area contributed by atoms with Gasteiger partial charge in [0.2, 0.25) is 0 Å². The number of carbonyl (C=O) groups excluding carboxylic acids is 2. The van der Waals surface area contributed by atoms with Crippen molar-refractivity contribution in [3.8, 4) is 0 Å². The molecule has 2 amide bonds. The summed E-state index contributed by atoms with van der Waals surface area (Å²) in [5.74, 6) is 8.32. The van der Waals surface area contributed by atoms with Gasteiger partial charge in [0, 0.05) is 0 Å². The summed E-state index contributed by atoms with van der Waals surface area (Å²) < 4.78 is 0. The van der Waals surface area contributed by atoms with Gasteiger partial charge in [-0.25, -0.2) is 11.7 Å². The third-order valence-electron chi connectivity index (χ3n) is 1.98. The van der Waals surface area contributed by atoms with Crippen molar-refractivity contribution in [2.75, 3.05) is 5.23 Å². The molecule has 7 N–H and O–H groups in total. The first kappa shape index (κ1) is 12.9. The zero-order valence-corrected chi connectivity index (χ0v) is 8.51. The first-order chi connectivity index (χ1) is 8.01. The van der Waals surface area contributed by atoms with E-state index < -0.39 is 17.0 Å². The number of benzene rings is 1. The summed E-state index contributed by atoms with van der Waals surface area (Å²) in [6.45, 7) is 0. The van der Waals surface area contributed by atoms with E-state index in [9.17, 15) is 14.8 Å². The van der Waals surface area contributed by atoms with Gasteiger partial charge in [-0.15, -0.1) is 0 Å². The van der Waals surface area contributed by atoms with Crippen LogP contribution in [0.25, 0.3) is 0 Å². The number of nitrogen functional groups attached to an aromatic ring is 2. The molecule has 0 atom stereocenters. The largest absolute Gasteiger partial charge is 0.733 e. The van der Waals surface area contributed by atoms with Crippen LogP contribution in [0.4, 0.5) is 5.69 Å². The lowest BCUT2D eigenvalue weighted by molar-refractivity contribution is 0.0919. The highest BCUT2D eigenvalue weighted by atomic mass is 16.8. The molecule has 0 aliphatic heterocycles. The number of hydrogen-bond acceptors (Lipinski definition) is 7. The lowest BCUT2D eigenvalue weighted by Crippen LogP contribution is -2.35. The SMILES string of the molecule is NNC(=O)c1ccc(N([O-])O)cc1C(=O)NN. The third kappa shape index (κ3) is 2.68. The van der Waals surface area contributed by atoms with Crippen molar-refractivity contribution in [1.82, 2.24) is 10.9 Å². The number of nitrogens with two attached hydrogens (primary N) is 2. The first-order valence-electron chi connectivity index (χ1n) is 4.33. The molecule has 0 heterocycles. The Morgan fingerprint density at radius 1 is 1.18 bits per heavy atom. The molecular weight excluding hydrogens is 230 g/mol. The molecule has 0 aromatic heterocycles. The minimum absolute atomic E-state index is 0.0824. The quantitative estimate of drug-likeness (QED) is 0.246. The predicted octanol–water partition coefficient (Wildman–Crippen LogP) is -1.41. The summed E-state index contributed by atoms with van der Waals surface area (Å²) in [6, 6.07) is 3.30. The standard InChI is InChI=1S/C8H10N5O4/c9-11-7(14)5-2-1-4(13(16)17)3-6(5)8(15)12-10/h1-3,16H,9-10H2,(H,11,14)(H,12,15)/q-1. The van der Waals surface area contributed by atoms with Gasteiger partial charge in [-0.2, -0.15) is 0 Å². The maximum Gasteiger partial charge on any atom is 0.266 e. The number of rotatable bonds is 3. The van der Waals surface area contributed by atoms with Gasteiger partial charge in [-0.05, 0) is 18.2 Å². The molecule has 9 nitrogen and oxygen atoms in total. The molecule has 0 fully saturated rings. The van der Waals surface area contributed by atoms with E-state index in [0.717, 1.165) is 18.2 Å². The average molecular weight is 240 g/mol. The van der Waals surface area contributed by atoms with Gasteiger partial charge in [-0.1, -0.05) is 0 Å². The van der Waals surface area contributed by atoms with Crippen LogP contribution >= 0.6 is 0 Å². The highest BCUT2D eigenvalue weighted by Crippen LogP contribution is 2.18. The molecule has 92 valence electrons. The minimum Gasteiger partial charge on any atom is -0.733 e. The van der Waals surface area contributed by atoms with Crippen LogP contribution in [0.1, 0.15) is 20.7 Å². The number of amides is 2. The van der Waals surface area contributed by atoms with E-state index >= 15 is 0 Å². The van der Waals surface area contributed by atoms with Crippen molar-refractivity contribution in [2.24, 2.45) is 11.7 Å². The average Bonchev–Trinajstić information content (AvgIpc) is 2.35. The third-order valence-corrected chi connectivity index (χ3v) is 1.98. The van der Waals surface area contributed by atoms with Crippen molar-refractivity contribution in [3.63, 3.8) is 0 Å². The number of nitrogens with zero attached hydrogens (tertiary/aromatic N) is 1. The van der Waals surface area contributed by atoms with Crippen LogP contribution in [0, 0.1) is 5.21 Å². The Balaban J connectivity index is 3.31. The van der Waals surface area contributed by atoms with Crippen molar-refractivity contribution in [1.29, 1.82) is 0 Å². The summed E-state index contributed by atoms with van der Waals surface area (Å²) in [7, 11) is 0. The topological polar surface area (TPSA) is 157 Å². The van der Waals surface area contributed by atoms with E-state index in [2.05, 4.69) is 0 Å². The van der Waals surface area contributed by atoms with Gasteiger partial charge in [-0.3, -0.25) is 25.6 Å². The van der Waals surface area contributed by atoms with Gasteiger partial charge in [0.1, 0.15) is 0 Å². The second-order valence-electron chi connectivity index (χ2n) is 2.95. The number of hydrazine groups is 2. The van der Waals surface area contributed by atoms with Crippen LogP contribution in [0.2, 0.25) is 0 Å². The fraction of sp³-hybridized carbons (Fsp3) is 0. The zero-order valence-electron chi connectivity index (χ0n) is 8.51. The molecule has 0 saturated carbocycles. The summed E-state index contributed by atoms with van der Waals surface area (Å²) in [6.07, 6.45) is 0. The summed E-state index contributed by atoms with van der Waals surface area (Å²) in [4.78, 5) is 22.7. The van der Waals surface area contributed by atoms with Crippen LogP contribution in [0.15, 0.2) is 18.2 Å². The van der Waals surface area contributed by atoms with E-state index in [1.807, 2.05) is 5.43 Å². The van der Waals surface area contributed by atoms with Crippen LogP contribution in [0.5, 0.6) is 0 Å². The van der Waals surface area contributed by atoms with Crippen LogP contribution < -0.4 is 27.8 Å². The molecule has 0 saturated heterocycles. The van der Waals surface area contributed by atoms with Crippen LogP contribution in [0.3, 0.4) is 0 Å². The Bertz CT molecular complexity index is 448. The Hall–Kier alpha value is -2.20. The molecule has 0 aliphatic rings. The maximum absolute atomic E-state index is 11.4. The number of hydrogen-bond donors (Lipinski definition) is 5. The van der Waals surface area contributed by atoms with Gasteiger partial charge in [0.05, 0.1) is 16.8 Å². The molecule has 0 bridgehead atoms. The molecule has 0 radical (unpaired) electrons. The first-order valence-corrected chi connectivity index (χ1v) is 4.33. The fourth-order valence-electron chi connectivity index (χ4n) is 1.19. The summed E-state index contributed by atoms with van der Waals surface area (Å²) >= 11 is 0. The Labute approximate surface area is 95.5 Å². The molecule has 1 rings (SSSR count). The van der Waals surface area contributed by atoms with Gasteiger partial charge < -0.3 is 10.4 Å². The number of nitrogens with one attached hydrogen (secondary N) is 2. The smallest absolute Gasteiger partial charge is 0.266 e. The van der Waals surface area contributed by atoms with Crippen molar-refractivity contribution in [2.45, 2.75) is 0 Å². The number of anilines is 1. The predicted molar refractivity (Wildman–Crippen MR) is 57.4 cm³/mol. The van der Waals surface area contributed by atoms with Crippen LogP contribution in [-0.4, -0.2) is 17.0 Å². The van der Waals surface area contributed by atoms with E-state index in [1.54, 1.807) is 5.43 Å². The second-order valence-corrected chi connectivity index (χ2v) is 2.95. The van der Waals surface area contributed by atoms with Crippen LogP contribution in [-0.2, 0) is 0 Å². The van der Waals surface area contributed by atoms with Gasteiger partial charge in [0.25, 0.3) is 11.8 Å². The highest BCUT2D eigenvalue weighted by molar-refractivity contribution is 6.07. The summed E-state index contributed by atoms with van der Waals surface area (Å²) in [5.41, 5.74) is 3.14. The highest BCUT2D eigenvalue weighted by Gasteiger charge is 2.16. The van der Waals surface area contributed by atoms with Crippen molar-refractivity contribution >= 4 is 17.5 Å². The van der Waals surface area contributed by atoms with Crippen molar-refractivity contribution in [3.05, 3.63) is 34.5 Å². The molecule has 1 aromatic carbocycles.